The maximum absolute atomic E-state index is 12.4. The van der Waals surface area contributed by atoms with Gasteiger partial charge >= 0.3 is 18.0 Å². The van der Waals surface area contributed by atoms with Crippen molar-refractivity contribution in [3.8, 4) is 11.1 Å². The van der Waals surface area contributed by atoms with E-state index in [9.17, 15) is 24.3 Å². The van der Waals surface area contributed by atoms with Gasteiger partial charge in [-0.25, -0.2) is 9.59 Å². The number of esters is 1. The molecular weight excluding hydrogens is 632 g/mol. The van der Waals surface area contributed by atoms with Gasteiger partial charge in [-0.15, -0.1) is 0 Å². The van der Waals surface area contributed by atoms with E-state index in [1.54, 1.807) is 0 Å². The average Bonchev–Trinajstić information content (AvgIpc) is 3.39. The Balaban J connectivity index is 1.14. The molecule has 0 unspecified atom stereocenters. The first-order chi connectivity index (χ1) is 24.0. The third kappa shape index (κ3) is 15.3. The van der Waals surface area contributed by atoms with Crippen LogP contribution in [-0.2, 0) is 23.9 Å². The first-order valence-corrected chi connectivity index (χ1v) is 18.9. The molecule has 0 heterocycles. The van der Waals surface area contributed by atoms with Crippen LogP contribution in [-0.4, -0.2) is 53.8 Å². The van der Waals surface area contributed by atoms with Crippen LogP contribution in [0.3, 0.4) is 0 Å². The third-order valence-corrected chi connectivity index (χ3v) is 9.13. The van der Waals surface area contributed by atoms with Crippen LogP contribution in [0.4, 0.5) is 4.79 Å². The van der Waals surface area contributed by atoms with Crippen LogP contribution in [0.2, 0.25) is 0 Å². The third-order valence-electron chi connectivity index (χ3n) is 9.13. The molecule has 0 saturated carbocycles. The van der Waals surface area contributed by atoms with E-state index in [2.05, 4.69) is 34.9 Å². The lowest BCUT2D eigenvalue weighted by molar-refractivity contribution is -0.155. The second-order valence-electron chi connectivity index (χ2n) is 14.5. The molecule has 2 aromatic rings. The van der Waals surface area contributed by atoms with E-state index in [1.165, 1.54) is 51.4 Å². The van der Waals surface area contributed by atoms with Gasteiger partial charge in [0.1, 0.15) is 18.2 Å². The number of carboxylic acid groups (broad SMARTS) is 1. The summed E-state index contributed by atoms with van der Waals surface area (Å²) in [4.78, 5) is 48.3. The number of aliphatic carboxylic acids is 1. The van der Waals surface area contributed by atoms with Crippen molar-refractivity contribution in [3.63, 3.8) is 0 Å². The summed E-state index contributed by atoms with van der Waals surface area (Å²) < 4.78 is 10.9. The second-order valence-corrected chi connectivity index (χ2v) is 14.5. The van der Waals surface area contributed by atoms with Crippen LogP contribution in [0.5, 0.6) is 0 Å². The lowest BCUT2D eigenvalue weighted by Gasteiger charge is -2.19. The number of nitrogens with one attached hydrogen (secondary N) is 2. The second kappa shape index (κ2) is 22.0. The predicted molar refractivity (Wildman–Crippen MR) is 197 cm³/mol. The molecule has 0 radical (unpaired) electrons. The molecule has 1 atom stereocenters. The highest BCUT2D eigenvalue weighted by Crippen LogP contribution is 2.44. The molecule has 2 aromatic carbocycles. The van der Waals surface area contributed by atoms with Crippen LogP contribution in [0.15, 0.2) is 48.5 Å². The van der Waals surface area contributed by atoms with Crippen LogP contribution in [0.1, 0.15) is 147 Å². The number of fused-ring (bicyclic) bond motifs is 3. The molecule has 1 aliphatic rings. The molecule has 9 nitrogen and oxygen atoms in total. The Morgan fingerprint density at radius 2 is 1.16 bits per heavy atom. The van der Waals surface area contributed by atoms with E-state index < -0.39 is 23.7 Å². The van der Waals surface area contributed by atoms with E-state index >= 15 is 0 Å². The fourth-order valence-electron chi connectivity index (χ4n) is 6.56. The maximum atomic E-state index is 12.4. The highest BCUT2D eigenvalue weighted by atomic mass is 16.6. The first-order valence-electron chi connectivity index (χ1n) is 18.9. The number of hydrogen-bond donors (Lipinski definition) is 3. The normalized spacial score (nSPS) is 12.9. The van der Waals surface area contributed by atoms with Gasteiger partial charge in [-0.3, -0.25) is 9.59 Å². The topological polar surface area (TPSA) is 131 Å². The van der Waals surface area contributed by atoms with Crippen LogP contribution in [0, 0.1) is 0 Å². The molecule has 0 saturated heterocycles. The smallest absolute Gasteiger partial charge is 0.407 e. The number of benzene rings is 2. The Morgan fingerprint density at radius 3 is 1.64 bits per heavy atom. The molecule has 0 fully saturated rings. The van der Waals surface area contributed by atoms with Gasteiger partial charge in [-0.2, -0.15) is 0 Å². The van der Waals surface area contributed by atoms with Crippen LogP contribution < -0.4 is 10.6 Å². The van der Waals surface area contributed by atoms with Crippen molar-refractivity contribution in [2.75, 3.05) is 13.2 Å². The van der Waals surface area contributed by atoms with E-state index in [-0.39, 0.29) is 37.4 Å². The molecule has 0 spiro atoms. The fraction of sp³-hybridized carbons (Fsp3) is 0.610. The monoisotopic (exact) mass is 692 g/mol. The molecule has 3 rings (SSSR count). The number of carbonyl (C=O) groups is 4. The minimum Gasteiger partial charge on any atom is -0.480 e. The number of rotatable bonds is 24. The number of amides is 2. The van der Waals surface area contributed by atoms with Crippen LogP contribution >= 0.6 is 0 Å². The van der Waals surface area contributed by atoms with Crippen LogP contribution in [0.25, 0.3) is 11.1 Å². The van der Waals surface area contributed by atoms with Gasteiger partial charge in [0.2, 0.25) is 5.91 Å². The Bertz CT molecular complexity index is 1310. The van der Waals surface area contributed by atoms with Crippen molar-refractivity contribution < 1.29 is 33.8 Å². The zero-order chi connectivity index (χ0) is 36.2. The molecule has 276 valence electrons. The Kier molecular flexibility index (Phi) is 17.9. The van der Waals surface area contributed by atoms with Crippen molar-refractivity contribution in [3.05, 3.63) is 59.7 Å². The predicted octanol–water partition coefficient (Wildman–Crippen LogP) is 9.07. The molecular formula is C41H60N2O7. The Hall–Kier alpha value is -3.88. The molecule has 1 aliphatic carbocycles. The van der Waals surface area contributed by atoms with Gasteiger partial charge in [0.15, 0.2) is 0 Å². The number of carboxylic acids is 1. The standard InChI is InChI=1S/C41H60N2O7/c1-41(2,3)50-38(45)27-17-15-13-11-9-7-5-4-6-8-10-12-14-16-26-37(44)43-36(39(46)47)28-29-42-40(48)49-30-35-33-24-20-18-22-31(33)32-23-19-21-25-34(32)35/h18-25,35-36H,4-17,26-30H2,1-3H3,(H,42,48)(H,43,44)(H,46,47)/t36-/m0/s1. The SMILES string of the molecule is CC(C)(C)OC(=O)CCCCCCCCCCCCCCCCC(=O)N[C@@H](CCNC(=O)OCC1c2ccccc2-c2ccccc21)C(=O)O. The molecule has 0 bridgehead atoms. The Labute approximate surface area is 299 Å². The average molecular weight is 693 g/mol. The number of alkyl carbamates (subject to hydrolysis) is 1. The summed E-state index contributed by atoms with van der Waals surface area (Å²) in [5.74, 6) is -1.55. The molecule has 2 amide bonds. The van der Waals surface area contributed by atoms with Crippen molar-refractivity contribution in [2.45, 2.75) is 147 Å². The number of ether oxygens (including phenoxy) is 2. The minimum atomic E-state index is -1.12. The van der Waals surface area contributed by atoms with E-state index in [1.807, 2.05) is 45.0 Å². The van der Waals surface area contributed by atoms with E-state index in [0.29, 0.717) is 12.8 Å². The zero-order valence-electron chi connectivity index (χ0n) is 30.6. The summed E-state index contributed by atoms with van der Waals surface area (Å²) in [7, 11) is 0. The first kappa shape index (κ1) is 40.5. The summed E-state index contributed by atoms with van der Waals surface area (Å²) in [5, 5.41) is 14.8. The van der Waals surface area contributed by atoms with Crippen molar-refractivity contribution in [2.24, 2.45) is 0 Å². The number of hydrogen-bond acceptors (Lipinski definition) is 6. The molecule has 9 heteroatoms. The summed E-state index contributed by atoms with van der Waals surface area (Å²) in [6, 6.07) is 15.1. The van der Waals surface area contributed by atoms with Crippen molar-refractivity contribution in [1.82, 2.24) is 10.6 Å². The van der Waals surface area contributed by atoms with Gasteiger partial charge in [-0.05, 0) is 62.3 Å². The lowest BCUT2D eigenvalue weighted by atomic mass is 9.98. The molecule has 0 aliphatic heterocycles. The quantitative estimate of drug-likeness (QED) is 0.0739. The number of carbonyl (C=O) groups excluding carboxylic acids is 3. The van der Waals surface area contributed by atoms with Gasteiger partial charge in [-0.1, -0.05) is 126 Å². The largest absolute Gasteiger partial charge is 0.480 e. The molecule has 0 aromatic heterocycles. The lowest BCUT2D eigenvalue weighted by Crippen LogP contribution is -2.43. The highest BCUT2D eigenvalue weighted by molar-refractivity contribution is 5.83. The summed E-state index contributed by atoms with van der Waals surface area (Å²) >= 11 is 0. The summed E-state index contributed by atoms with van der Waals surface area (Å²) in [6.45, 7) is 5.96. The minimum absolute atomic E-state index is 0.0543. The number of unbranched alkanes of at least 4 members (excludes halogenated alkanes) is 13. The molecule has 3 N–H and O–H groups in total. The summed E-state index contributed by atoms with van der Waals surface area (Å²) in [6.07, 6.45) is 16.1. The van der Waals surface area contributed by atoms with Gasteiger partial charge in [0, 0.05) is 25.3 Å². The molecule has 50 heavy (non-hydrogen) atoms. The van der Waals surface area contributed by atoms with Crippen molar-refractivity contribution in [1.29, 1.82) is 0 Å². The van der Waals surface area contributed by atoms with Gasteiger partial charge in [0.25, 0.3) is 0 Å². The van der Waals surface area contributed by atoms with Gasteiger partial charge in [0.05, 0.1) is 0 Å². The highest BCUT2D eigenvalue weighted by Gasteiger charge is 2.29. The van der Waals surface area contributed by atoms with E-state index in [0.717, 1.165) is 60.8 Å². The zero-order valence-corrected chi connectivity index (χ0v) is 30.6. The fourth-order valence-corrected chi connectivity index (χ4v) is 6.56. The van der Waals surface area contributed by atoms with Crippen molar-refractivity contribution >= 4 is 23.9 Å². The summed E-state index contributed by atoms with van der Waals surface area (Å²) in [5.41, 5.74) is 4.14. The Morgan fingerprint density at radius 1 is 0.700 bits per heavy atom. The van der Waals surface area contributed by atoms with Gasteiger partial charge < -0.3 is 25.2 Å². The maximum Gasteiger partial charge on any atom is 0.407 e. The van der Waals surface area contributed by atoms with E-state index in [4.69, 9.17) is 9.47 Å².